The molecule has 4 nitrogen and oxygen atoms in total. The number of aryl methyl sites for hydroxylation is 2. The molecule has 0 saturated heterocycles. The molecular formula is C16H20N2O2. The Morgan fingerprint density at radius 1 is 1.00 bits per heavy atom. The molecule has 0 aliphatic rings. The minimum Gasteiger partial charge on any atom is -0.497 e. The van der Waals surface area contributed by atoms with E-state index in [0.29, 0.717) is 5.88 Å². The van der Waals surface area contributed by atoms with E-state index < -0.39 is 0 Å². The van der Waals surface area contributed by atoms with Crippen molar-refractivity contribution in [3.63, 3.8) is 0 Å². The van der Waals surface area contributed by atoms with Crippen molar-refractivity contribution in [3.05, 3.63) is 35.4 Å². The van der Waals surface area contributed by atoms with Gasteiger partial charge in [0, 0.05) is 11.6 Å². The molecule has 1 heterocycles. The van der Waals surface area contributed by atoms with Gasteiger partial charge in [-0.2, -0.15) is 0 Å². The molecule has 0 amide bonds. The maximum atomic E-state index is 5.51. The molecule has 1 aromatic carbocycles. The lowest BCUT2D eigenvalue weighted by Gasteiger charge is -2.12. The summed E-state index contributed by atoms with van der Waals surface area (Å²) in [7, 11) is 1.67. The lowest BCUT2D eigenvalue weighted by molar-refractivity contribution is 0.230. The Balaban J connectivity index is 2.37. The van der Waals surface area contributed by atoms with Crippen LogP contribution in [0.5, 0.6) is 11.6 Å². The van der Waals surface area contributed by atoms with Gasteiger partial charge in [0.05, 0.1) is 18.9 Å². The van der Waals surface area contributed by atoms with Gasteiger partial charge < -0.3 is 9.47 Å². The Bertz CT molecular complexity index is 569. The molecule has 0 saturated carbocycles. The Hall–Kier alpha value is -2.10. The van der Waals surface area contributed by atoms with Crippen molar-refractivity contribution < 1.29 is 9.47 Å². The number of methoxy groups -OCH3 is 1. The van der Waals surface area contributed by atoms with E-state index in [-0.39, 0.29) is 6.10 Å². The van der Waals surface area contributed by atoms with Crippen LogP contribution in [0, 0.1) is 13.8 Å². The molecule has 4 heteroatoms. The number of ether oxygens (including phenoxy) is 2. The SMILES string of the molecule is COc1cc(C)c(-c2ccc(OC(C)C)nn2)c(C)c1. The molecule has 0 atom stereocenters. The topological polar surface area (TPSA) is 44.2 Å². The number of hydrogen-bond acceptors (Lipinski definition) is 4. The summed E-state index contributed by atoms with van der Waals surface area (Å²) in [6, 6.07) is 7.79. The predicted molar refractivity (Wildman–Crippen MR) is 79.3 cm³/mol. The molecular weight excluding hydrogens is 252 g/mol. The number of hydrogen-bond donors (Lipinski definition) is 0. The van der Waals surface area contributed by atoms with Crippen molar-refractivity contribution >= 4 is 0 Å². The van der Waals surface area contributed by atoms with E-state index in [1.807, 2.05) is 52.0 Å². The van der Waals surface area contributed by atoms with Crippen LogP contribution in [0.3, 0.4) is 0 Å². The molecule has 0 spiro atoms. The zero-order valence-electron chi connectivity index (χ0n) is 12.6. The Kier molecular flexibility index (Phi) is 4.23. The largest absolute Gasteiger partial charge is 0.497 e. The molecule has 0 unspecified atom stereocenters. The van der Waals surface area contributed by atoms with E-state index in [2.05, 4.69) is 10.2 Å². The van der Waals surface area contributed by atoms with E-state index >= 15 is 0 Å². The van der Waals surface area contributed by atoms with Crippen molar-refractivity contribution in [2.75, 3.05) is 7.11 Å². The third-order valence-electron chi connectivity index (χ3n) is 2.99. The van der Waals surface area contributed by atoms with Crippen LogP contribution in [0.4, 0.5) is 0 Å². The van der Waals surface area contributed by atoms with Gasteiger partial charge in [-0.05, 0) is 57.0 Å². The van der Waals surface area contributed by atoms with Crippen LogP contribution < -0.4 is 9.47 Å². The second-order valence-electron chi connectivity index (χ2n) is 5.06. The average molecular weight is 272 g/mol. The van der Waals surface area contributed by atoms with Crippen molar-refractivity contribution in [2.24, 2.45) is 0 Å². The van der Waals surface area contributed by atoms with Crippen LogP contribution in [0.1, 0.15) is 25.0 Å². The van der Waals surface area contributed by atoms with Crippen LogP contribution in [0.15, 0.2) is 24.3 Å². The Morgan fingerprint density at radius 3 is 2.10 bits per heavy atom. The van der Waals surface area contributed by atoms with Gasteiger partial charge in [0.15, 0.2) is 0 Å². The van der Waals surface area contributed by atoms with Crippen molar-refractivity contribution in [1.29, 1.82) is 0 Å². The monoisotopic (exact) mass is 272 g/mol. The minimum atomic E-state index is 0.0969. The van der Waals surface area contributed by atoms with Gasteiger partial charge >= 0.3 is 0 Å². The number of rotatable bonds is 4. The van der Waals surface area contributed by atoms with Crippen LogP contribution in [-0.2, 0) is 0 Å². The van der Waals surface area contributed by atoms with E-state index in [1.165, 1.54) is 0 Å². The van der Waals surface area contributed by atoms with Crippen LogP contribution in [0.25, 0.3) is 11.3 Å². The summed E-state index contributed by atoms with van der Waals surface area (Å²) in [5.41, 5.74) is 4.18. The van der Waals surface area contributed by atoms with Gasteiger partial charge in [0.1, 0.15) is 5.75 Å². The molecule has 0 radical (unpaired) electrons. The van der Waals surface area contributed by atoms with E-state index in [1.54, 1.807) is 7.11 Å². The van der Waals surface area contributed by atoms with Crippen LogP contribution in [-0.4, -0.2) is 23.4 Å². The third kappa shape index (κ3) is 3.07. The molecule has 2 aromatic rings. The first kappa shape index (κ1) is 14.3. The molecule has 0 N–H and O–H groups in total. The van der Waals surface area contributed by atoms with Gasteiger partial charge in [-0.25, -0.2) is 0 Å². The Morgan fingerprint density at radius 2 is 1.65 bits per heavy atom. The number of aromatic nitrogens is 2. The fourth-order valence-corrected chi connectivity index (χ4v) is 2.20. The zero-order valence-corrected chi connectivity index (χ0v) is 12.6. The smallest absolute Gasteiger partial charge is 0.233 e. The molecule has 0 bridgehead atoms. The summed E-state index contributed by atoms with van der Waals surface area (Å²) in [5.74, 6) is 1.41. The highest BCUT2D eigenvalue weighted by molar-refractivity contribution is 5.68. The molecule has 0 aliphatic heterocycles. The van der Waals surface area contributed by atoms with E-state index in [9.17, 15) is 0 Å². The molecule has 1 aromatic heterocycles. The average Bonchev–Trinajstić information content (AvgIpc) is 2.39. The van der Waals surface area contributed by atoms with Crippen molar-refractivity contribution in [2.45, 2.75) is 33.8 Å². The summed E-state index contributed by atoms with van der Waals surface area (Å²) in [6.07, 6.45) is 0.0969. The highest BCUT2D eigenvalue weighted by Crippen LogP contribution is 2.29. The minimum absolute atomic E-state index is 0.0969. The van der Waals surface area contributed by atoms with E-state index in [4.69, 9.17) is 9.47 Å². The lowest BCUT2D eigenvalue weighted by Crippen LogP contribution is -2.07. The molecule has 0 fully saturated rings. The summed E-state index contributed by atoms with van der Waals surface area (Å²) in [5, 5.41) is 8.38. The zero-order chi connectivity index (χ0) is 14.7. The summed E-state index contributed by atoms with van der Waals surface area (Å²) < 4.78 is 10.8. The summed E-state index contributed by atoms with van der Waals surface area (Å²) in [4.78, 5) is 0. The maximum Gasteiger partial charge on any atom is 0.233 e. The van der Waals surface area contributed by atoms with Crippen LogP contribution >= 0.6 is 0 Å². The van der Waals surface area contributed by atoms with Gasteiger partial charge in [-0.1, -0.05) is 0 Å². The fourth-order valence-electron chi connectivity index (χ4n) is 2.20. The highest BCUT2D eigenvalue weighted by Gasteiger charge is 2.10. The van der Waals surface area contributed by atoms with Gasteiger partial charge in [-0.3, -0.25) is 0 Å². The van der Waals surface area contributed by atoms with Gasteiger partial charge in [-0.15, -0.1) is 10.2 Å². The quantitative estimate of drug-likeness (QED) is 0.853. The molecule has 2 rings (SSSR count). The second-order valence-corrected chi connectivity index (χ2v) is 5.06. The standard InChI is InChI=1S/C16H20N2O2/c1-10(2)20-15-7-6-14(17-18-15)16-11(3)8-13(19-5)9-12(16)4/h6-10H,1-5H3. The normalized spacial score (nSPS) is 10.7. The summed E-state index contributed by atoms with van der Waals surface area (Å²) in [6.45, 7) is 8.02. The first-order chi connectivity index (χ1) is 9.51. The molecule has 0 aliphatic carbocycles. The molecule has 106 valence electrons. The predicted octanol–water partition coefficient (Wildman–Crippen LogP) is 3.56. The first-order valence-electron chi connectivity index (χ1n) is 6.67. The van der Waals surface area contributed by atoms with Crippen molar-refractivity contribution in [1.82, 2.24) is 10.2 Å². The first-order valence-corrected chi connectivity index (χ1v) is 6.67. The van der Waals surface area contributed by atoms with E-state index in [0.717, 1.165) is 28.1 Å². The second kappa shape index (κ2) is 5.90. The fraction of sp³-hybridized carbons (Fsp3) is 0.375. The third-order valence-corrected chi connectivity index (χ3v) is 2.99. The number of nitrogens with zero attached hydrogens (tertiary/aromatic N) is 2. The van der Waals surface area contributed by atoms with Gasteiger partial charge in [0.25, 0.3) is 0 Å². The molecule has 20 heavy (non-hydrogen) atoms. The Labute approximate surface area is 119 Å². The lowest BCUT2D eigenvalue weighted by atomic mass is 9.99. The maximum absolute atomic E-state index is 5.51. The van der Waals surface area contributed by atoms with Crippen molar-refractivity contribution in [3.8, 4) is 22.9 Å². The summed E-state index contributed by atoms with van der Waals surface area (Å²) >= 11 is 0. The van der Waals surface area contributed by atoms with Crippen LogP contribution in [0.2, 0.25) is 0 Å². The van der Waals surface area contributed by atoms with Gasteiger partial charge in [0.2, 0.25) is 5.88 Å². The number of benzene rings is 1. The highest BCUT2D eigenvalue weighted by atomic mass is 16.5.